The van der Waals surface area contributed by atoms with E-state index in [9.17, 15) is 0 Å². The van der Waals surface area contributed by atoms with Gasteiger partial charge in [0.1, 0.15) is 17.8 Å². The molecule has 0 bridgehead atoms. The van der Waals surface area contributed by atoms with Crippen LogP contribution in [0.15, 0.2) is 36.8 Å². The van der Waals surface area contributed by atoms with Gasteiger partial charge in [-0.15, -0.1) is 0 Å². The van der Waals surface area contributed by atoms with Crippen LogP contribution in [0, 0.1) is 0 Å². The molecule has 0 saturated carbocycles. The molecule has 124 valence electrons. The molecule has 0 saturated heterocycles. The fourth-order valence-corrected chi connectivity index (χ4v) is 3.67. The molecule has 0 radical (unpaired) electrons. The van der Waals surface area contributed by atoms with Gasteiger partial charge in [0.25, 0.3) is 0 Å². The SMILES string of the molecule is CCc1c[nH]c2ncnc(NC3CCCN(C)c4ccccc43)c12. The van der Waals surface area contributed by atoms with Crippen LogP contribution in [0.4, 0.5) is 11.5 Å². The predicted molar refractivity (Wildman–Crippen MR) is 98.6 cm³/mol. The zero-order chi connectivity index (χ0) is 16.5. The van der Waals surface area contributed by atoms with Crippen LogP contribution >= 0.6 is 0 Å². The third kappa shape index (κ3) is 2.50. The third-order valence-electron chi connectivity index (χ3n) is 4.95. The summed E-state index contributed by atoms with van der Waals surface area (Å²) in [5.74, 6) is 0.933. The van der Waals surface area contributed by atoms with Crippen molar-refractivity contribution in [3.63, 3.8) is 0 Å². The highest BCUT2D eigenvalue weighted by Gasteiger charge is 2.22. The number of hydrogen-bond acceptors (Lipinski definition) is 4. The standard InChI is InChI=1S/C19H23N5/c1-3-13-11-20-18-17(13)19(22-12-21-18)23-15-8-6-10-24(2)16-9-5-4-7-14(15)16/h4-5,7,9,11-12,15H,3,6,8,10H2,1-2H3,(H2,20,21,22,23). The lowest BCUT2D eigenvalue weighted by molar-refractivity contribution is 0.665. The molecule has 0 spiro atoms. The average Bonchev–Trinajstić information content (AvgIpc) is 2.98. The number of anilines is 2. The van der Waals surface area contributed by atoms with Gasteiger partial charge in [-0.05, 0) is 36.5 Å². The van der Waals surface area contributed by atoms with E-state index in [1.807, 2.05) is 6.20 Å². The second-order valence-electron chi connectivity index (χ2n) is 6.43. The zero-order valence-corrected chi connectivity index (χ0v) is 14.2. The maximum Gasteiger partial charge on any atom is 0.143 e. The Kier molecular flexibility index (Phi) is 3.84. The molecule has 2 aromatic heterocycles. The summed E-state index contributed by atoms with van der Waals surface area (Å²) in [5.41, 5.74) is 4.82. The minimum atomic E-state index is 0.267. The Labute approximate surface area is 142 Å². The molecule has 3 aromatic rings. The highest BCUT2D eigenvalue weighted by molar-refractivity contribution is 5.90. The van der Waals surface area contributed by atoms with Gasteiger partial charge < -0.3 is 15.2 Å². The number of para-hydroxylation sites is 1. The van der Waals surface area contributed by atoms with Crippen LogP contribution in [-0.4, -0.2) is 28.5 Å². The number of fused-ring (bicyclic) bond motifs is 2. The van der Waals surface area contributed by atoms with Crippen LogP contribution in [0.1, 0.15) is 36.9 Å². The first-order valence-corrected chi connectivity index (χ1v) is 8.65. The van der Waals surface area contributed by atoms with Gasteiger partial charge >= 0.3 is 0 Å². The lowest BCUT2D eigenvalue weighted by Crippen LogP contribution is -2.17. The summed E-state index contributed by atoms with van der Waals surface area (Å²) < 4.78 is 0. The van der Waals surface area contributed by atoms with Gasteiger partial charge in [0, 0.05) is 25.5 Å². The van der Waals surface area contributed by atoms with E-state index >= 15 is 0 Å². The summed E-state index contributed by atoms with van der Waals surface area (Å²) in [7, 11) is 2.17. The van der Waals surface area contributed by atoms with E-state index in [4.69, 9.17) is 0 Å². The van der Waals surface area contributed by atoms with Crippen LogP contribution in [0.5, 0.6) is 0 Å². The maximum absolute atomic E-state index is 4.55. The quantitative estimate of drug-likeness (QED) is 0.768. The third-order valence-corrected chi connectivity index (χ3v) is 4.95. The largest absolute Gasteiger partial charge is 0.374 e. The Bertz CT molecular complexity index is 854. The molecule has 0 aliphatic carbocycles. The van der Waals surface area contributed by atoms with E-state index in [1.165, 1.54) is 16.8 Å². The molecule has 4 rings (SSSR count). The minimum Gasteiger partial charge on any atom is -0.374 e. The molecule has 24 heavy (non-hydrogen) atoms. The summed E-state index contributed by atoms with van der Waals surface area (Å²) in [6.45, 7) is 3.24. The Morgan fingerprint density at radius 3 is 3.04 bits per heavy atom. The molecule has 5 heteroatoms. The number of nitrogens with zero attached hydrogens (tertiary/aromatic N) is 3. The minimum absolute atomic E-state index is 0.267. The highest BCUT2D eigenvalue weighted by Crippen LogP contribution is 2.35. The molecule has 0 amide bonds. The van der Waals surface area contributed by atoms with Crippen molar-refractivity contribution >= 4 is 22.5 Å². The first-order valence-electron chi connectivity index (χ1n) is 8.65. The number of aromatic amines is 1. The maximum atomic E-state index is 4.55. The van der Waals surface area contributed by atoms with Gasteiger partial charge in [0.15, 0.2) is 0 Å². The van der Waals surface area contributed by atoms with E-state index in [-0.39, 0.29) is 6.04 Å². The van der Waals surface area contributed by atoms with Gasteiger partial charge in [-0.1, -0.05) is 25.1 Å². The van der Waals surface area contributed by atoms with Gasteiger partial charge in [-0.3, -0.25) is 0 Å². The first kappa shape index (κ1) is 15.0. The van der Waals surface area contributed by atoms with Crippen LogP contribution in [0.2, 0.25) is 0 Å². The Morgan fingerprint density at radius 1 is 1.29 bits per heavy atom. The van der Waals surface area contributed by atoms with Crippen molar-refractivity contribution in [1.82, 2.24) is 15.0 Å². The molecule has 5 nitrogen and oxygen atoms in total. The molecule has 1 aromatic carbocycles. The van der Waals surface area contributed by atoms with Crippen LogP contribution < -0.4 is 10.2 Å². The van der Waals surface area contributed by atoms with Gasteiger partial charge in [0.2, 0.25) is 0 Å². The number of hydrogen-bond donors (Lipinski definition) is 2. The van der Waals surface area contributed by atoms with Crippen LogP contribution in [0.3, 0.4) is 0 Å². The molecule has 1 aliphatic heterocycles. The first-order chi connectivity index (χ1) is 11.8. The molecule has 2 N–H and O–H groups in total. The molecule has 1 atom stereocenters. The normalized spacial score (nSPS) is 17.6. The van der Waals surface area contributed by atoms with Gasteiger partial charge in [0.05, 0.1) is 11.4 Å². The monoisotopic (exact) mass is 321 g/mol. The van der Waals surface area contributed by atoms with E-state index in [0.717, 1.165) is 42.7 Å². The number of aryl methyl sites for hydroxylation is 1. The Morgan fingerprint density at radius 2 is 2.17 bits per heavy atom. The molecular formula is C19H23N5. The van der Waals surface area contributed by atoms with Crippen molar-refractivity contribution in [3.05, 3.63) is 47.9 Å². The second-order valence-corrected chi connectivity index (χ2v) is 6.43. The lowest BCUT2D eigenvalue weighted by Gasteiger charge is -2.22. The predicted octanol–water partition coefficient (Wildman–Crippen LogP) is 3.90. The van der Waals surface area contributed by atoms with E-state index in [2.05, 4.69) is 63.4 Å². The summed E-state index contributed by atoms with van der Waals surface area (Å²) in [4.78, 5) is 14.5. The van der Waals surface area contributed by atoms with Crippen LogP contribution in [0.25, 0.3) is 11.0 Å². The number of H-pyrrole nitrogens is 1. The fraction of sp³-hybridized carbons (Fsp3) is 0.368. The molecule has 0 fully saturated rings. The van der Waals surface area contributed by atoms with Crippen molar-refractivity contribution in [1.29, 1.82) is 0 Å². The average molecular weight is 321 g/mol. The highest BCUT2D eigenvalue weighted by atomic mass is 15.1. The molecule has 3 heterocycles. The summed E-state index contributed by atoms with van der Waals surface area (Å²) in [6.07, 6.45) is 6.89. The van der Waals surface area contributed by atoms with Crippen molar-refractivity contribution in [2.45, 2.75) is 32.2 Å². The van der Waals surface area contributed by atoms with E-state index < -0.39 is 0 Å². The van der Waals surface area contributed by atoms with Gasteiger partial charge in [-0.25, -0.2) is 9.97 Å². The topological polar surface area (TPSA) is 56.8 Å². The number of aromatic nitrogens is 3. The fourth-order valence-electron chi connectivity index (χ4n) is 3.67. The second kappa shape index (κ2) is 6.15. The number of nitrogens with one attached hydrogen (secondary N) is 2. The van der Waals surface area contributed by atoms with Crippen molar-refractivity contribution < 1.29 is 0 Å². The van der Waals surface area contributed by atoms with Crippen LogP contribution in [-0.2, 0) is 6.42 Å². The summed E-state index contributed by atoms with van der Waals surface area (Å²) >= 11 is 0. The van der Waals surface area contributed by atoms with Crippen molar-refractivity contribution in [3.8, 4) is 0 Å². The number of benzene rings is 1. The summed E-state index contributed by atoms with van der Waals surface area (Å²) in [6, 6.07) is 8.94. The molecular weight excluding hydrogens is 298 g/mol. The molecule has 1 aliphatic rings. The smallest absolute Gasteiger partial charge is 0.143 e. The zero-order valence-electron chi connectivity index (χ0n) is 14.2. The lowest BCUT2D eigenvalue weighted by atomic mass is 10.0. The number of rotatable bonds is 3. The van der Waals surface area contributed by atoms with Gasteiger partial charge in [-0.2, -0.15) is 0 Å². The van der Waals surface area contributed by atoms with E-state index in [0.29, 0.717) is 0 Å². The Hall–Kier alpha value is -2.56. The molecule has 1 unspecified atom stereocenters. The van der Waals surface area contributed by atoms with E-state index in [1.54, 1.807) is 6.33 Å². The van der Waals surface area contributed by atoms with Crippen molar-refractivity contribution in [2.75, 3.05) is 23.8 Å². The van der Waals surface area contributed by atoms with Crippen molar-refractivity contribution in [2.24, 2.45) is 0 Å². The summed E-state index contributed by atoms with van der Waals surface area (Å²) in [5, 5.41) is 4.82. The Balaban J connectivity index is 1.76.